The number of allylic oxidation sites excluding steroid dienone is 2. The minimum atomic E-state index is -0.338. The zero-order valence-electron chi connectivity index (χ0n) is 25.9. The van der Waals surface area contributed by atoms with Crippen molar-refractivity contribution in [2.75, 3.05) is 38.1 Å². The summed E-state index contributed by atoms with van der Waals surface area (Å²) in [6.45, 7) is 18.4. The Morgan fingerprint density at radius 2 is 1.86 bits per heavy atom. The molecular formula is C36H43FN6. The zero-order chi connectivity index (χ0) is 30.2. The summed E-state index contributed by atoms with van der Waals surface area (Å²) in [4.78, 5) is 17.4. The number of piperidine rings is 1. The van der Waals surface area contributed by atoms with Crippen molar-refractivity contribution in [3.63, 3.8) is 0 Å². The predicted molar refractivity (Wildman–Crippen MR) is 174 cm³/mol. The zero-order valence-corrected chi connectivity index (χ0v) is 25.9. The highest BCUT2D eigenvalue weighted by atomic mass is 19.1. The lowest BCUT2D eigenvalue weighted by atomic mass is 9.76. The SMILES string of the molecule is C=C1CCN(c2ncc(C(=C)N3CCCC3)cn2)C/C1=C(/C)C1=C(F)C(Cc2cccc(C)c2C)C(NC)c2[nH]ccc21. The second-order valence-electron chi connectivity index (χ2n) is 12.3. The molecule has 224 valence electrons. The molecule has 6 rings (SSSR count). The van der Waals surface area contributed by atoms with E-state index in [9.17, 15) is 0 Å². The van der Waals surface area contributed by atoms with Gasteiger partial charge in [0.1, 0.15) is 5.83 Å². The highest BCUT2D eigenvalue weighted by molar-refractivity contribution is 5.85. The first kappa shape index (κ1) is 29.1. The van der Waals surface area contributed by atoms with Crippen LogP contribution in [0.4, 0.5) is 10.3 Å². The average Bonchev–Trinajstić information content (AvgIpc) is 3.73. The quantitative estimate of drug-likeness (QED) is 0.314. The van der Waals surface area contributed by atoms with E-state index in [4.69, 9.17) is 9.97 Å². The highest BCUT2D eigenvalue weighted by Crippen LogP contribution is 2.47. The number of aromatic nitrogens is 3. The van der Waals surface area contributed by atoms with Crippen molar-refractivity contribution in [1.29, 1.82) is 0 Å². The van der Waals surface area contributed by atoms with E-state index in [1.165, 1.54) is 29.5 Å². The highest BCUT2D eigenvalue weighted by Gasteiger charge is 2.38. The van der Waals surface area contributed by atoms with Gasteiger partial charge < -0.3 is 20.1 Å². The van der Waals surface area contributed by atoms with Crippen LogP contribution in [0.25, 0.3) is 11.3 Å². The van der Waals surface area contributed by atoms with E-state index in [0.29, 0.717) is 24.5 Å². The molecule has 2 aliphatic heterocycles. The van der Waals surface area contributed by atoms with Gasteiger partial charge in [-0.3, -0.25) is 0 Å². The van der Waals surface area contributed by atoms with Crippen molar-refractivity contribution in [2.24, 2.45) is 5.92 Å². The number of halogens is 1. The van der Waals surface area contributed by atoms with Gasteiger partial charge in [-0.05, 0) is 93.0 Å². The molecule has 2 saturated heterocycles. The van der Waals surface area contributed by atoms with Crippen LogP contribution in [0.2, 0.25) is 0 Å². The maximum Gasteiger partial charge on any atom is 0.225 e. The van der Waals surface area contributed by atoms with E-state index in [2.05, 4.69) is 65.3 Å². The third-order valence-corrected chi connectivity index (χ3v) is 9.82. The van der Waals surface area contributed by atoms with Crippen LogP contribution in [0, 0.1) is 19.8 Å². The maximum absolute atomic E-state index is 16.9. The summed E-state index contributed by atoms with van der Waals surface area (Å²) in [6.07, 6.45) is 9.49. The Labute approximate surface area is 255 Å². The van der Waals surface area contributed by atoms with Crippen LogP contribution in [0.15, 0.2) is 78.6 Å². The number of aryl methyl sites for hydroxylation is 1. The monoisotopic (exact) mass is 578 g/mol. The molecule has 1 aromatic carbocycles. The Bertz CT molecular complexity index is 1600. The molecule has 6 nitrogen and oxygen atoms in total. The van der Waals surface area contributed by atoms with Gasteiger partial charge in [-0.1, -0.05) is 31.4 Å². The van der Waals surface area contributed by atoms with E-state index in [-0.39, 0.29) is 17.8 Å². The van der Waals surface area contributed by atoms with Gasteiger partial charge >= 0.3 is 0 Å². The molecule has 0 saturated carbocycles. The summed E-state index contributed by atoms with van der Waals surface area (Å²) in [5, 5.41) is 3.41. The van der Waals surface area contributed by atoms with Crippen LogP contribution in [0.5, 0.6) is 0 Å². The lowest BCUT2D eigenvalue weighted by Gasteiger charge is -2.35. The third kappa shape index (κ3) is 5.35. The van der Waals surface area contributed by atoms with Crippen molar-refractivity contribution < 1.29 is 4.39 Å². The minimum Gasteiger partial charge on any atom is -0.371 e. The van der Waals surface area contributed by atoms with Crippen molar-refractivity contribution >= 4 is 17.2 Å². The molecule has 1 aliphatic carbocycles. The molecule has 2 unspecified atom stereocenters. The lowest BCUT2D eigenvalue weighted by Crippen LogP contribution is -2.35. The number of likely N-dealkylation sites (tertiary alicyclic amines) is 1. The van der Waals surface area contributed by atoms with Crippen LogP contribution in [-0.4, -0.2) is 53.1 Å². The molecule has 0 radical (unpaired) electrons. The first-order valence-corrected chi connectivity index (χ1v) is 15.5. The number of anilines is 1. The standard InChI is InChI=1S/C36H43FN6/c1-22-10-9-11-27(24(22)3)18-30-33(37)32(29-12-14-39-35(29)34(30)38-6)25(4)31-21-43(17-13-23(31)2)36-40-19-28(20-41-36)26(5)42-15-7-8-16-42/h9-12,14,19-20,30,34,38-39H,2,5,7-8,13,15-18,21H2,1,3-4,6H3/b31-25+. The topological polar surface area (TPSA) is 60.1 Å². The van der Waals surface area contributed by atoms with E-state index >= 15 is 4.39 Å². The Morgan fingerprint density at radius 1 is 1.12 bits per heavy atom. The molecule has 3 aliphatic rings. The number of fused-ring (bicyclic) bond motifs is 1. The number of H-pyrrole nitrogens is 1. The van der Waals surface area contributed by atoms with Gasteiger partial charge in [0.05, 0.1) is 6.04 Å². The summed E-state index contributed by atoms with van der Waals surface area (Å²) in [7, 11) is 1.92. The number of benzene rings is 1. The number of hydrogen-bond acceptors (Lipinski definition) is 5. The molecule has 2 aromatic heterocycles. The molecule has 2 fully saturated rings. The Balaban J connectivity index is 1.33. The van der Waals surface area contributed by atoms with Gasteiger partial charge in [0.2, 0.25) is 5.95 Å². The van der Waals surface area contributed by atoms with Gasteiger partial charge in [0.25, 0.3) is 0 Å². The van der Waals surface area contributed by atoms with Crippen molar-refractivity contribution in [3.05, 3.63) is 112 Å². The molecule has 0 bridgehead atoms. The van der Waals surface area contributed by atoms with Crippen molar-refractivity contribution in [3.8, 4) is 0 Å². The van der Waals surface area contributed by atoms with E-state index in [1.54, 1.807) is 0 Å². The Hall–Kier alpha value is -3.97. The largest absolute Gasteiger partial charge is 0.371 e. The van der Waals surface area contributed by atoms with Crippen molar-refractivity contribution in [2.45, 2.75) is 52.5 Å². The third-order valence-electron chi connectivity index (χ3n) is 9.82. The molecule has 2 atom stereocenters. The second-order valence-corrected chi connectivity index (χ2v) is 12.3. The normalized spacial score (nSPS) is 21.8. The molecule has 43 heavy (non-hydrogen) atoms. The molecule has 3 aromatic rings. The number of hydrogen-bond donors (Lipinski definition) is 2. The summed E-state index contributed by atoms with van der Waals surface area (Å²) >= 11 is 0. The number of aromatic amines is 1. The van der Waals surface area contributed by atoms with E-state index < -0.39 is 0 Å². The van der Waals surface area contributed by atoms with Gasteiger partial charge in [0.15, 0.2) is 0 Å². The predicted octanol–water partition coefficient (Wildman–Crippen LogP) is 7.08. The lowest BCUT2D eigenvalue weighted by molar-refractivity contribution is 0.353. The van der Waals surface area contributed by atoms with Crippen LogP contribution in [0.1, 0.15) is 65.7 Å². The second kappa shape index (κ2) is 12.0. The number of nitrogens with one attached hydrogen (secondary N) is 2. The van der Waals surface area contributed by atoms with E-state index in [1.807, 2.05) is 38.6 Å². The maximum atomic E-state index is 16.9. The van der Waals surface area contributed by atoms with Gasteiger partial charge in [-0.15, -0.1) is 0 Å². The minimum absolute atomic E-state index is 0.0664. The molecule has 0 spiro atoms. The molecule has 7 heteroatoms. The summed E-state index contributed by atoms with van der Waals surface area (Å²) in [5.41, 5.74) is 11.3. The fourth-order valence-electron chi connectivity index (χ4n) is 7.03. The van der Waals surface area contributed by atoms with Crippen LogP contribution in [-0.2, 0) is 6.42 Å². The fourth-order valence-corrected chi connectivity index (χ4v) is 7.03. The molecule has 2 N–H and O–H groups in total. The van der Waals surface area contributed by atoms with Crippen LogP contribution in [0.3, 0.4) is 0 Å². The first-order valence-electron chi connectivity index (χ1n) is 15.5. The van der Waals surface area contributed by atoms with Crippen molar-refractivity contribution in [1.82, 2.24) is 25.2 Å². The Kier molecular flexibility index (Phi) is 8.10. The number of nitrogens with zero attached hydrogens (tertiary/aromatic N) is 4. The smallest absolute Gasteiger partial charge is 0.225 e. The molecular weight excluding hydrogens is 535 g/mol. The molecule has 4 heterocycles. The summed E-state index contributed by atoms with van der Waals surface area (Å²) in [5.74, 6) is 0.275. The van der Waals surface area contributed by atoms with Gasteiger partial charge in [0, 0.05) is 78.8 Å². The Morgan fingerprint density at radius 3 is 2.58 bits per heavy atom. The summed E-state index contributed by atoms with van der Waals surface area (Å²) < 4.78 is 16.9. The number of rotatable bonds is 7. The van der Waals surface area contributed by atoms with Gasteiger partial charge in [-0.2, -0.15) is 0 Å². The first-order chi connectivity index (χ1) is 20.8. The van der Waals surface area contributed by atoms with Gasteiger partial charge in [-0.25, -0.2) is 14.4 Å². The molecule has 0 amide bonds. The summed E-state index contributed by atoms with van der Waals surface area (Å²) in [6, 6.07) is 8.17. The fraction of sp³-hybridized carbons (Fsp3) is 0.389. The van der Waals surface area contributed by atoms with Crippen LogP contribution >= 0.6 is 0 Å². The van der Waals surface area contributed by atoms with Crippen LogP contribution < -0.4 is 10.2 Å². The average molecular weight is 579 g/mol. The van der Waals surface area contributed by atoms with E-state index in [0.717, 1.165) is 65.3 Å².